The van der Waals surface area contributed by atoms with E-state index < -0.39 is 0 Å². The molecule has 0 aliphatic carbocycles. The highest BCUT2D eigenvalue weighted by Gasteiger charge is 2.31. The van der Waals surface area contributed by atoms with Crippen LogP contribution in [0.1, 0.15) is 5.56 Å². The Kier molecular flexibility index (Phi) is 2.60. The summed E-state index contributed by atoms with van der Waals surface area (Å²) in [4.78, 5) is 24.4. The summed E-state index contributed by atoms with van der Waals surface area (Å²) >= 11 is 0.975. The predicted molar refractivity (Wildman–Crippen MR) is 60.2 cm³/mol. The van der Waals surface area contributed by atoms with E-state index in [2.05, 4.69) is 0 Å². The molecular weight excluding hydrogens is 210 g/mol. The molecule has 1 aromatic carbocycles. The summed E-state index contributed by atoms with van der Waals surface area (Å²) < 4.78 is 0. The van der Waals surface area contributed by atoms with Gasteiger partial charge in [0.1, 0.15) is 0 Å². The summed E-state index contributed by atoms with van der Waals surface area (Å²) in [6.07, 6.45) is 1.73. The van der Waals surface area contributed by atoms with Gasteiger partial charge in [-0.05, 0) is 23.4 Å². The normalized spacial score (nSPS) is 19.0. The minimum Gasteiger partial charge on any atom is -0.272 e. The van der Waals surface area contributed by atoms with Gasteiger partial charge in [0.2, 0.25) is 0 Å². The first-order valence-corrected chi connectivity index (χ1v) is 5.27. The molecule has 1 heterocycles. The average Bonchev–Trinajstić information content (AvgIpc) is 2.48. The van der Waals surface area contributed by atoms with Crippen LogP contribution in [0, 0.1) is 0 Å². The van der Waals surface area contributed by atoms with Gasteiger partial charge in [0.25, 0.3) is 11.1 Å². The standard InChI is InChI=1S/C11H9NO2S/c1-12-10(13)9(15-11(12)14)7-8-5-3-2-4-6-8/h2-7H,1H3. The maximum atomic E-state index is 11.5. The van der Waals surface area contributed by atoms with E-state index in [0.29, 0.717) is 4.91 Å². The molecule has 76 valence electrons. The Bertz CT molecular complexity index is 439. The van der Waals surface area contributed by atoms with E-state index in [-0.39, 0.29) is 11.1 Å². The van der Waals surface area contributed by atoms with Crippen molar-refractivity contribution in [1.29, 1.82) is 0 Å². The van der Waals surface area contributed by atoms with Crippen LogP contribution >= 0.6 is 11.8 Å². The number of hydrogen-bond acceptors (Lipinski definition) is 3. The zero-order chi connectivity index (χ0) is 10.8. The monoisotopic (exact) mass is 219 g/mol. The number of likely N-dealkylation sites (N-methyl/N-ethyl adjacent to an activating group) is 1. The van der Waals surface area contributed by atoms with E-state index in [1.807, 2.05) is 30.3 Å². The van der Waals surface area contributed by atoms with Gasteiger partial charge in [0, 0.05) is 7.05 Å². The van der Waals surface area contributed by atoms with Crippen molar-refractivity contribution < 1.29 is 9.59 Å². The van der Waals surface area contributed by atoms with Gasteiger partial charge in [-0.1, -0.05) is 30.3 Å². The zero-order valence-electron chi connectivity index (χ0n) is 8.14. The molecule has 0 radical (unpaired) electrons. The number of imide groups is 1. The van der Waals surface area contributed by atoms with E-state index in [9.17, 15) is 9.59 Å². The first-order valence-electron chi connectivity index (χ1n) is 4.45. The summed E-state index contributed by atoms with van der Waals surface area (Å²) in [6.45, 7) is 0. The third kappa shape index (κ3) is 1.94. The summed E-state index contributed by atoms with van der Waals surface area (Å²) in [7, 11) is 1.49. The van der Waals surface area contributed by atoms with Crippen molar-refractivity contribution in [3.05, 3.63) is 40.8 Å². The average molecular weight is 219 g/mol. The smallest absolute Gasteiger partial charge is 0.272 e. The first kappa shape index (κ1) is 9.98. The van der Waals surface area contributed by atoms with E-state index in [0.717, 1.165) is 22.2 Å². The summed E-state index contributed by atoms with van der Waals surface area (Å²) in [5.74, 6) is -0.228. The SMILES string of the molecule is CN1C(=O)SC(=Cc2ccccc2)C1=O. The summed E-state index contributed by atoms with van der Waals surface area (Å²) in [5, 5.41) is -0.220. The highest BCUT2D eigenvalue weighted by molar-refractivity contribution is 8.18. The summed E-state index contributed by atoms with van der Waals surface area (Å²) in [6, 6.07) is 9.47. The Balaban J connectivity index is 2.30. The van der Waals surface area contributed by atoms with E-state index in [4.69, 9.17) is 0 Å². The number of hydrogen-bond donors (Lipinski definition) is 0. The molecule has 4 heteroatoms. The van der Waals surface area contributed by atoms with Gasteiger partial charge >= 0.3 is 0 Å². The number of carbonyl (C=O) groups excluding carboxylic acids is 2. The van der Waals surface area contributed by atoms with Gasteiger partial charge in [0.15, 0.2) is 0 Å². The number of thioether (sulfide) groups is 1. The van der Waals surface area contributed by atoms with Crippen molar-refractivity contribution in [3.8, 4) is 0 Å². The summed E-state index contributed by atoms with van der Waals surface area (Å²) in [5.41, 5.74) is 0.927. The molecule has 0 aromatic heterocycles. The van der Waals surface area contributed by atoms with Crippen molar-refractivity contribution in [2.75, 3.05) is 7.05 Å². The molecule has 1 aromatic rings. The number of amides is 2. The van der Waals surface area contributed by atoms with E-state index >= 15 is 0 Å². The van der Waals surface area contributed by atoms with Crippen LogP contribution in [-0.4, -0.2) is 23.1 Å². The molecule has 1 fully saturated rings. The molecule has 0 N–H and O–H groups in total. The van der Waals surface area contributed by atoms with Gasteiger partial charge in [-0.15, -0.1) is 0 Å². The lowest BCUT2D eigenvalue weighted by atomic mass is 10.2. The highest BCUT2D eigenvalue weighted by Crippen LogP contribution is 2.30. The van der Waals surface area contributed by atoms with Crippen LogP contribution in [0.2, 0.25) is 0 Å². The van der Waals surface area contributed by atoms with Crippen molar-refractivity contribution in [1.82, 2.24) is 4.90 Å². The maximum Gasteiger partial charge on any atom is 0.293 e. The van der Waals surface area contributed by atoms with Crippen LogP contribution in [0.4, 0.5) is 4.79 Å². The topological polar surface area (TPSA) is 37.4 Å². The molecule has 2 rings (SSSR count). The van der Waals surface area contributed by atoms with Crippen LogP contribution in [0.5, 0.6) is 0 Å². The number of benzene rings is 1. The van der Waals surface area contributed by atoms with Gasteiger partial charge in [-0.3, -0.25) is 14.5 Å². The predicted octanol–water partition coefficient (Wildman–Crippen LogP) is 2.35. The van der Waals surface area contributed by atoms with Gasteiger partial charge in [-0.25, -0.2) is 0 Å². The van der Waals surface area contributed by atoms with Crippen molar-refractivity contribution in [2.45, 2.75) is 0 Å². The molecule has 0 atom stereocenters. The Hall–Kier alpha value is -1.55. The molecule has 2 amide bonds. The van der Waals surface area contributed by atoms with Crippen molar-refractivity contribution >= 4 is 29.0 Å². The highest BCUT2D eigenvalue weighted by atomic mass is 32.2. The second-order valence-electron chi connectivity index (χ2n) is 3.15. The first-order chi connectivity index (χ1) is 7.18. The van der Waals surface area contributed by atoms with Gasteiger partial charge < -0.3 is 0 Å². The Labute approximate surface area is 91.8 Å². The van der Waals surface area contributed by atoms with Crippen LogP contribution in [-0.2, 0) is 4.79 Å². The lowest BCUT2D eigenvalue weighted by Crippen LogP contribution is -2.22. The lowest BCUT2D eigenvalue weighted by molar-refractivity contribution is -0.121. The van der Waals surface area contributed by atoms with E-state index in [1.165, 1.54) is 7.05 Å². The van der Waals surface area contributed by atoms with Gasteiger partial charge in [-0.2, -0.15) is 0 Å². The molecule has 1 aliphatic heterocycles. The maximum absolute atomic E-state index is 11.5. The molecule has 3 nitrogen and oxygen atoms in total. The fraction of sp³-hybridized carbons (Fsp3) is 0.0909. The van der Waals surface area contributed by atoms with Crippen LogP contribution in [0.3, 0.4) is 0 Å². The molecule has 0 saturated carbocycles. The molecule has 1 aliphatic rings. The minimum atomic E-state index is -0.228. The molecule has 0 bridgehead atoms. The third-order valence-corrected chi connectivity index (χ3v) is 3.04. The second-order valence-corrected chi connectivity index (χ2v) is 4.14. The molecular formula is C11H9NO2S. The minimum absolute atomic E-state index is 0.220. The molecule has 0 spiro atoms. The number of rotatable bonds is 1. The van der Waals surface area contributed by atoms with Crippen LogP contribution in [0.25, 0.3) is 6.08 Å². The Morgan fingerprint density at radius 2 is 1.87 bits per heavy atom. The molecule has 15 heavy (non-hydrogen) atoms. The van der Waals surface area contributed by atoms with Crippen LogP contribution < -0.4 is 0 Å². The quantitative estimate of drug-likeness (QED) is 0.680. The largest absolute Gasteiger partial charge is 0.293 e. The number of nitrogens with zero attached hydrogens (tertiary/aromatic N) is 1. The lowest BCUT2D eigenvalue weighted by Gasteiger charge is -2.00. The fourth-order valence-electron chi connectivity index (χ4n) is 1.25. The number of carbonyl (C=O) groups is 2. The molecule has 0 unspecified atom stereocenters. The zero-order valence-corrected chi connectivity index (χ0v) is 8.95. The Morgan fingerprint density at radius 3 is 2.40 bits per heavy atom. The van der Waals surface area contributed by atoms with E-state index in [1.54, 1.807) is 6.08 Å². The van der Waals surface area contributed by atoms with Gasteiger partial charge in [0.05, 0.1) is 4.91 Å². The third-order valence-electron chi connectivity index (χ3n) is 2.08. The van der Waals surface area contributed by atoms with Crippen LogP contribution in [0.15, 0.2) is 35.2 Å². The molecule has 1 saturated heterocycles. The fourth-order valence-corrected chi connectivity index (χ4v) is 2.07. The second kappa shape index (κ2) is 3.90. The van der Waals surface area contributed by atoms with Crippen molar-refractivity contribution in [3.63, 3.8) is 0 Å². The van der Waals surface area contributed by atoms with Crippen molar-refractivity contribution in [2.24, 2.45) is 0 Å². The Morgan fingerprint density at radius 1 is 1.20 bits per heavy atom.